The maximum Gasteiger partial charge on any atom is 0.267 e. The number of benzene rings is 1. The van der Waals surface area contributed by atoms with Gasteiger partial charge in [-0.2, -0.15) is 5.10 Å². The standard InChI is InChI=1S/C14H14ClN3O2/c1-9-3-5-11(15)7-12(9)16-13(19)8-18-14(20)6-4-10(2)17-18/h3-7H,8H2,1-2H3,(H,16,19). The molecule has 2 rings (SSSR count). The van der Waals surface area contributed by atoms with E-state index in [4.69, 9.17) is 11.6 Å². The first kappa shape index (κ1) is 14.3. The van der Waals surface area contributed by atoms with Crippen molar-refractivity contribution >= 4 is 23.2 Å². The zero-order chi connectivity index (χ0) is 14.7. The number of hydrogen-bond acceptors (Lipinski definition) is 3. The number of carbonyl (C=O) groups excluding carboxylic acids is 1. The molecule has 0 saturated heterocycles. The van der Waals surface area contributed by atoms with Crippen LogP contribution in [0.15, 0.2) is 35.1 Å². The van der Waals surface area contributed by atoms with Crippen LogP contribution in [0, 0.1) is 13.8 Å². The Morgan fingerprint density at radius 3 is 2.80 bits per heavy atom. The van der Waals surface area contributed by atoms with Crippen LogP contribution in [0.2, 0.25) is 5.02 Å². The van der Waals surface area contributed by atoms with Gasteiger partial charge in [-0.15, -0.1) is 0 Å². The molecule has 0 bridgehead atoms. The fraction of sp³-hybridized carbons (Fsp3) is 0.214. The van der Waals surface area contributed by atoms with Crippen molar-refractivity contribution in [2.45, 2.75) is 20.4 Å². The van der Waals surface area contributed by atoms with Gasteiger partial charge in [-0.05, 0) is 37.6 Å². The van der Waals surface area contributed by atoms with E-state index in [2.05, 4.69) is 10.4 Å². The summed E-state index contributed by atoms with van der Waals surface area (Å²) in [5, 5.41) is 7.27. The number of aromatic nitrogens is 2. The van der Waals surface area contributed by atoms with E-state index in [1.54, 1.807) is 25.1 Å². The summed E-state index contributed by atoms with van der Waals surface area (Å²) >= 11 is 5.89. The quantitative estimate of drug-likeness (QED) is 0.942. The molecule has 0 spiro atoms. The highest BCUT2D eigenvalue weighted by Gasteiger charge is 2.08. The normalized spacial score (nSPS) is 10.3. The number of amides is 1. The molecule has 2 aromatic rings. The van der Waals surface area contributed by atoms with Crippen molar-refractivity contribution in [2.24, 2.45) is 0 Å². The van der Waals surface area contributed by atoms with Gasteiger partial charge >= 0.3 is 0 Å². The van der Waals surface area contributed by atoms with Crippen molar-refractivity contribution in [2.75, 3.05) is 5.32 Å². The van der Waals surface area contributed by atoms with Crippen LogP contribution < -0.4 is 10.9 Å². The SMILES string of the molecule is Cc1ccc(=O)n(CC(=O)Nc2cc(Cl)ccc2C)n1. The summed E-state index contributed by atoms with van der Waals surface area (Å²) in [7, 11) is 0. The van der Waals surface area contributed by atoms with Gasteiger partial charge < -0.3 is 5.32 Å². The van der Waals surface area contributed by atoms with Gasteiger partial charge in [0, 0.05) is 16.8 Å². The van der Waals surface area contributed by atoms with Crippen LogP contribution in [0.5, 0.6) is 0 Å². The van der Waals surface area contributed by atoms with Crippen LogP contribution in [-0.4, -0.2) is 15.7 Å². The fourth-order valence-corrected chi connectivity index (χ4v) is 1.89. The molecule has 104 valence electrons. The summed E-state index contributed by atoms with van der Waals surface area (Å²) in [6, 6.07) is 8.23. The van der Waals surface area contributed by atoms with Crippen LogP contribution in [-0.2, 0) is 11.3 Å². The first-order valence-corrected chi connectivity index (χ1v) is 6.44. The lowest BCUT2D eigenvalue weighted by atomic mass is 10.2. The van der Waals surface area contributed by atoms with Gasteiger partial charge in [0.05, 0.1) is 5.69 Å². The predicted molar refractivity (Wildman–Crippen MR) is 78.1 cm³/mol. The van der Waals surface area contributed by atoms with Crippen LogP contribution >= 0.6 is 11.6 Å². The van der Waals surface area contributed by atoms with E-state index in [1.165, 1.54) is 6.07 Å². The molecule has 5 nitrogen and oxygen atoms in total. The lowest BCUT2D eigenvalue weighted by Gasteiger charge is -2.09. The number of nitrogens with zero attached hydrogens (tertiary/aromatic N) is 2. The molecule has 1 aromatic heterocycles. The Morgan fingerprint density at radius 2 is 2.05 bits per heavy atom. The van der Waals surface area contributed by atoms with Crippen molar-refractivity contribution in [1.82, 2.24) is 9.78 Å². The third-order valence-corrected chi connectivity index (χ3v) is 3.00. The van der Waals surface area contributed by atoms with Gasteiger partial charge in [0.1, 0.15) is 6.54 Å². The molecule has 1 aromatic carbocycles. The topological polar surface area (TPSA) is 64.0 Å². The summed E-state index contributed by atoms with van der Waals surface area (Å²) in [5.74, 6) is -0.324. The Kier molecular flexibility index (Phi) is 4.20. The molecule has 0 unspecified atom stereocenters. The maximum absolute atomic E-state index is 12.0. The first-order chi connectivity index (χ1) is 9.45. The lowest BCUT2D eigenvalue weighted by molar-refractivity contribution is -0.117. The molecule has 1 N–H and O–H groups in total. The van der Waals surface area contributed by atoms with Gasteiger partial charge in [0.15, 0.2) is 0 Å². The Labute approximate surface area is 121 Å². The molecule has 0 radical (unpaired) electrons. The second kappa shape index (κ2) is 5.88. The molecule has 0 aliphatic heterocycles. The van der Waals surface area contributed by atoms with E-state index < -0.39 is 0 Å². The largest absolute Gasteiger partial charge is 0.324 e. The average molecular weight is 292 g/mol. The van der Waals surface area contributed by atoms with Crippen molar-refractivity contribution in [3.63, 3.8) is 0 Å². The van der Waals surface area contributed by atoms with E-state index in [0.717, 1.165) is 10.2 Å². The summed E-state index contributed by atoms with van der Waals surface area (Å²) in [6.07, 6.45) is 0. The number of anilines is 1. The van der Waals surface area contributed by atoms with E-state index >= 15 is 0 Å². The second-order valence-corrected chi connectivity index (χ2v) is 4.91. The van der Waals surface area contributed by atoms with Gasteiger partial charge in [-0.1, -0.05) is 17.7 Å². The Balaban J connectivity index is 2.15. The van der Waals surface area contributed by atoms with E-state index in [9.17, 15) is 9.59 Å². The van der Waals surface area contributed by atoms with E-state index in [0.29, 0.717) is 16.4 Å². The zero-order valence-electron chi connectivity index (χ0n) is 11.2. The Morgan fingerprint density at radius 1 is 1.30 bits per heavy atom. The summed E-state index contributed by atoms with van der Waals surface area (Å²) < 4.78 is 1.13. The molecule has 0 aliphatic rings. The number of nitrogens with one attached hydrogen (secondary N) is 1. The average Bonchev–Trinajstić information content (AvgIpc) is 2.38. The number of halogens is 1. The van der Waals surface area contributed by atoms with Crippen LogP contribution in [0.3, 0.4) is 0 Å². The van der Waals surface area contributed by atoms with Crippen molar-refractivity contribution < 1.29 is 4.79 Å². The van der Waals surface area contributed by atoms with E-state index in [1.807, 2.05) is 13.0 Å². The lowest BCUT2D eigenvalue weighted by Crippen LogP contribution is -2.29. The first-order valence-electron chi connectivity index (χ1n) is 6.06. The number of hydrogen-bond donors (Lipinski definition) is 1. The van der Waals surface area contributed by atoms with Crippen LogP contribution in [0.25, 0.3) is 0 Å². The second-order valence-electron chi connectivity index (χ2n) is 4.48. The number of aryl methyl sites for hydroxylation is 2. The maximum atomic E-state index is 12.0. The smallest absolute Gasteiger partial charge is 0.267 e. The molecule has 0 aliphatic carbocycles. The van der Waals surface area contributed by atoms with Crippen molar-refractivity contribution in [3.8, 4) is 0 Å². The monoisotopic (exact) mass is 291 g/mol. The number of carbonyl (C=O) groups is 1. The van der Waals surface area contributed by atoms with Gasteiger partial charge in [-0.25, -0.2) is 4.68 Å². The summed E-state index contributed by atoms with van der Waals surface area (Å²) in [5.41, 5.74) is 1.89. The Bertz CT molecular complexity index is 710. The molecular formula is C14H14ClN3O2. The molecule has 20 heavy (non-hydrogen) atoms. The number of rotatable bonds is 3. The highest BCUT2D eigenvalue weighted by atomic mass is 35.5. The minimum absolute atomic E-state index is 0.132. The van der Waals surface area contributed by atoms with Crippen molar-refractivity contribution in [1.29, 1.82) is 0 Å². The minimum Gasteiger partial charge on any atom is -0.324 e. The summed E-state index contributed by atoms with van der Waals surface area (Å²) in [6.45, 7) is 3.49. The van der Waals surface area contributed by atoms with Gasteiger partial charge in [0.2, 0.25) is 5.91 Å². The van der Waals surface area contributed by atoms with E-state index in [-0.39, 0.29) is 18.0 Å². The van der Waals surface area contributed by atoms with Crippen LogP contribution in [0.4, 0.5) is 5.69 Å². The van der Waals surface area contributed by atoms with Crippen molar-refractivity contribution in [3.05, 3.63) is 57.0 Å². The fourth-order valence-electron chi connectivity index (χ4n) is 1.72. The minimum atomic E-state index is -0.324. The van der Waals surface area contributed by atoms with Crippen LogP contribution in [0.1, 0.15) is 11.3 Å². The molecule has 6 heteroatoms. The molecule has 0 fully saturated rings. The highest BCUT2D eigenvalue weighted by Crippen LogP contribution is 2.19. The third-order valence-electron chi connectivity index (χ3n) is 2.77. The van der Waals surface area contributed by atoms with Gasteiger partial charge in [0.25, 0.3) is 5.56 Å². The molecule has 1 heterocycles. The zero-order valence-corrected chi connectivity index (χ0v) is 11.9. The van der Waals surface area contributed by atoms with Gasteiger partial charge in [-0.3, -0.25) is 9.59 Å². The summed E-state index contributed by atoms with van der Waals surface area (Å²) in [4.78, 5) is 23.5. The predicted octanol–water partition coefficient (Wildman–Crippen LogP) is 2.15. The molecular weight excluding hydrogens is 278 g/mol. The highest BCUT2D eigenvalue weighted by molar-refractivity contribution is 6.31. The molecule has 0 atom stereocenters. The molecule has 0 saturated carbocycles. The third kappa shape index (κ3) is 3.45. The Hall–Kier alpha value is -2.14. The molecule has 1 amide bonds.